The molecule has 110 valence electrons. The third-order valence-corrected chi connectivity index (χ3v) is 2.82. The van der Waals surface area contributed by atoms with E-state index in [0.717, 1.165) is 6.07 Å². The number of carbonyl (C=O) groups excluding carboxylic acids is 1. The number of carbonyl (C=O) groups is 1. The van der Waals surface area contributed by atoms with Crippen molar-refractivity contribution >= 4 is 11.6 Å². The molecule has 7 heteroatoms. The predicted octanol–water partition coefficient (Wildman–Crippen LogP) is 3.51. The van der Waals surface area contributed by atoms with Gasteiger partial charge in [0.2, 0.25) is 0 Å². The standard InChI is InChI=1S/C14H9F4NO2/c1-6-2-3-7(4-10(6)20)14(21)19-13-11(17)8(15)5-9(16)12(13)18/h2-5,20H,1H3,(H,19,21). The maximum atomic E-state index is 13.4. The number of amides is 1. The van der Waals surface area contributed by atoms with Crippen LogP contribution in [0.25, 0.3) is 0 Å². The fraction of sp³-hybridized carbons (Fsp3) is 0.0714. The molecule has 2 N–H and O–H groups in total. The number of hydrogen-bond acceptors (Lipinski definition) is 2. The zero-order chi connectivity index (χ0) is 15.7. The van der Waals surface area contributed by atoms with Crippen LogP contribution in [0.4, 0.5) is 23.2 Å². The number of anilines is 1. The molecule has 21 heavy (non-hydrogen) atoms. The van der Waals surface area contributed by atoms with E-state index in [1.165, 1.54) is 12.1 Å². The Balaban J connectivity index is 2.38. The fourth-order valence-corrected chi connectivity index (χ4v) is 1.62. The Kier molecular flexibility index (Phi) is 3.84. The summed E-state index contributed by atoms with van der Waals surface area (Å²) in [6, 6.07) is 3.80. The summed E-state index contributed by atoms with van der Waals surface area (Å²) < 4.78 is 52.9. The lowest BCUT2D eigenvalue weighted by Crippen LogP contribution is -2.15. The molecule has 0 atom stereocenters. The smallest absolute Gasteiger partial charge is 0.255 e. The van der Waals surface area contributed by atoms with Crippen LogP contribution >= 0.6 is 0 Å². The van der Waals surface area contributed by atoms with Gasteiger partial charge in [-0.05, 0) is 24.6 Å². The van der Waals surface area contributed by atoms with E-state index >= 15 is 0 Å². The molecular formula is C14H9F4NO2. The summed E-state index contributed by atoms with van der Waals surface area (Å²) in [4.78, 5) is 11.8. The largest absolute Gasteiger partial charge is 0.508 e. The highest BCUT2D eigenvalue weighted by molar-refractivity contribution is 6.04. The lowest BCUT2D eigenvalue weighted by molar-refractivity contribution is 0.102. The lowest BCUT2D eigenvalue weighted by atomic mass is 10.1. The van der Waals surface area contributed by atoms with Crippen LogP contribution < -0.4 is 5.32 Å². The maximum absolute atomic E-state index is 13.4. The van der Waals surface area contributed by atoms with Gasteiger partial charge in [0.1, 0.15) is 11.4 Å². The Morgan fingerprint density at radius 1 is 1.05 bits per heavy atom. The Hall–Kier alpha value is -2.57. The normalized spacial score (nSPS) is 10.5. The fourth-order valence-electron chi connectivity index (χ4n) is 1.62. The number of halogens is 4. The maximum Gasteiger partial charge on any atom is 0.255 e. The van der Waals surface area contributed by atoms with Crippen molar-refractivity contribution in [2.75, 3.05) is 5.32 Å². The molecule has 0 fully saturated rings. The molecule has 1 amide bonds. The van der Waals surface area contributed by atoms with E-state index in [9.17, 15) is 27.5 Å². The monoisotopic (exact) mass is 299 g/mol. The number of phenols is 1. The zero-order valence-corrected chi connectivity index (χ0v) is 10.7. The Labute approximate surface area is 116 Å². The minimum Gasteiger partial charge on any atom is -0.508 e. The van der Waals surface area contributed by atoms with Gasteiger partial charge in [-0.15, -0.1) is 0 Å². The number of benzene rings is 2. The van der Waals surface area contributed by atoms with Crippen molar-refractivity contribution in [3.63, 3.8) is 0 Å². The highest BCUT2D eigenvalue weighted by Gasteiger charge is 2.21. The van der Waals surface area contributed by atoms with Gasteiger partial charge in [0, 0.05) is 11.6 Å². The molecular weight excluding hydrogens is 290 g/mol. The second-order valence-corrected chi connectivity index (χ2v) is 4.30. The van der Waals surface area contributed by atoms with Gasteiger partial charge in [0.05, 0.1) is 0 Å². The molecule has 0 radical (unpaired) electrons. The molecule has 0 saturated carbocycles. The highest BCUT2D eigenvalue weighted by atomic mass is 19.2. The molecule has 0 spiro atoms. The van der Waals surface area contributed by atoms with Gasteiger partial charge >= 0.3 is 0 Å². The van der Waals surface area contributed by atoms with Crippen molar-refractivity contribution in [1.82, 2.24) is 0 Å². The Morgan fingerprint density at radius 3 is 2.14 bits per heavy atom. The average molecular weight is 299 g/mol. The summed E-state index contributed by atoms with van der Waals surface area (Å²) in [5.41, 5.74) is -0.861. The van der Waals surface area contributed by atoms with Gasteiger partial charge in [-0.3, -0.25) is 4.79 Å². The van der Waals surface area contributed by atoms with Gasteiger partial charge in [-0.25, -0.2) is 17.6 Å². The number of phenolic OH excluding ortho intramolecular Hbond substituents is 1. The van der Waals surface area contributed by atoms with Crippen molar-refractivity contribution in [2.24, 2.45) is 0 Å². The predicted molar refractivity (Wildman–Crippen MR) is 67.1 cm³/mol. The van der Waals surface area contributed by atoms with Crippen LogP contribution in [0.1, 0.15) is 15.9 Å². The topological polar surface area (TPSA) is 49.3 Å². The number of aryl methyl sites for hydroxylation is 1. The number of aromatic hydroxyl groups is 1. The van der Waals surface area contributed by atoms with Crippen molar-refractivity contribution in [2.45, 2.75) is 6.92 Å². The second-order valence-electron chi connectivity index (χ2n) is 4.30. The van der Waals surface area contributed by atoms with Crippen LogP contribution in [-0.4, -0.2) is 11.0 Å². The van der Waals surface area contributed by atoms with E-state index < -0.39 is 34.9 Å². The van der Waals surface area contributed by atoms with Gasteiger partial charge in [-0.1, -0.05) is 6.07 Å². The molecule has 0 aromatic heterocycles. The quantitative estimate of drug-likeness (QED) is 0.658. The van der Waals surface area contributed by atoms with E-state index in [4.69, 9.17) is 0 Å². The molecule has 2 rings (SSSR count). The second kappa shape index (κ2) is 5.43. The molecule has 0 saturated heterocycles. The Morgan fingerprint density at radius 2 is 1.62 bits per heavy atom. The molecule has 3 nitrogen and oxygen atoms in total. The van der Waals surface area contributed by atoms with E-state index in [1.807, 2.05) is 0 Å². The first kappa shape index (κ1) is 14.8. The molecule has 0 unspecified atom stereocenters. The van der Waals surface area contributed by atoms with E-state index in [0.29, 0.717) is 5.56 Å². The summed E-state index contributed by atoms with van der Waals surface area (Å²) >= 11 is 0. The zero-order valence-electron chi connectivity index (χ0n) is 10.7. The van der Waals surface area contributed by atoms with Crippen molar-refractivity contribution in [3.05, 3.63) is 58.7 Å². The van der Waals surface area contributed by atoms with Gasteiger partial charge in [-0.2, -0.15) is 0 Å². The van der Waals surface area contributed by atoms with Crippen LogP contribution in [0.2, 0.25) is 0 Å². The van der Waals surface area contributed by atoms with E-state index in [2.05, 4.69) is 0 Å². The number of hydrogen-bond donors (Lipinski definition) is 2. The van der Waals surface area contributed by atoms with Crippen LogP contribution in [0.15, 0.2) is 24.3 Å². The van der Waals surface area contributed by atoms with E-state index in [-0.39, 0.29) is 17.4 Å². The molecule has 0 bridgehead atoms. The van der Waals surface area contributed by atoms with Crippen LogP contribution in [0.5, 0.6) is 5.75 Å². The van der Waals surface area contributed by atoms with Crippen molar-refractivity contribution in [1.29, 1.82) is 0 Å². The summed E-state index contributed by atoms with van der Waals surface area (Å²) in [6.07, 6.45) is 0. The molecule has 2 aromatic carbocycles. The van der Waals surface area contributed by atoms with Gasteiger partial charge in [0.15, 0.2) is 23.3 Å². The lowest BCUT2D eigenvalue weighted by Gasteiger charge is -2.09. The van der Waals surface area contributed by atoms with Crippen LogP contribution in [0.3, 0.4) is 0 Å². The first-order valence-electron chi connectivity index (χ1n) is 5.75. The SMILES string of the molecule is Cc1ccc(C(=O)Nc2c(F)c(F)cc(F)c2F)cc1O. The van der Waals surface area contributed by atoms with E-state index in [1.54, 1.807) is 12.2 Å². The van der Waals surface area contributed by atoms with Gasteiger partial charge < -0.3 is 10.4 Å². The molecule has 0 aliphatic rings. The number of rotatable bonds is 2. The number of nitrogens with one attached hydrogen (secondary N) is 1. The molecule has 2 aromatic rings. The molecule has 0 heterocycles. The van der Waals surface area contributed by atoms with Crippen molar-refractivity contribution in [3.8, 4) is 5.75 Å². The van der Waals surface area contributed by atoms with Crippen LogP contribution in [0, 0.1) is 30.2 Å². The third kappa shape index (κ3) is 2.81. The average Bonchev–Trinajstić information content (AvgIpc) is 2.44. The third-order valence-electron chi connectivity index (χ3n) is 2.82. The molecule has 0 aliphatic carbocycles. The summed E-state index contributed by atoms with van der Waals surface area (Å²) in [7, 11) is 0. The minimum atomic E-state index is -1.71. The van der Waals surface area contributed by atoms with Crippen LogP contribution in [-0.2, 0) is 0 Å². The summed E-state index contributed by atoms with van der Waals surface area (Å²) in [5, 5.41) is 11.2. The summed E-state index contributed by atoms with van der Waals surface area (Å²) in [5.74, 6) is -7.90. The van der Waals surface area contributed by atoms with Crippen molar-refractivity contribution < 1.29 is 27.5 Å². The Bertz CT molecular complexity index is 705. The first-order valence-corrected chi connectivity index (χ1v) is 5.75. The van der Waals surface area contributed by atoms with Gasteiger partial charge in [0.25, 0.3) is 5.91 Å². The minimum absolute atomic E-state index is 0.0397. The highest BCUT2D eigenvalue weighted by Crippen LogP contribution is 2.25. The molecule has 0 aliphatic heterocycles. The summed E-state index contributed by atoms with van der Waals surface area (Å²) in [6.45, 7) is 1.58. The first-order chi connectivity index (χ1) is 9.81.